The third-order valence-electron chi connectivity index (χ3n) is 2.23. The van der Waals surface area contributed by atoms with Crippen molar-refractivity contribution < 1.29 is 8.42 Å². The van der Waals surface area contributed by atoms with Gasteiger partial charge in [-0.1, -0.05) is 6.08 Å². The Morgan fingerprint density at radius 3 is 2.93 bits per heavy atom. The molecule has 4 nitrogen and oxygen atoms in total. The van der Waals surface area contributed by atoms with Crippen molar-refractivity contribution in [2.24, 2.45) is 0 Å². The van der Waals surface area contributed by atoms with Gasteiger partial charge in [-0.3, -0.25) is 0 Å². The second-order valence-corrected chi connectivity index (χ2v) is 5.43. The van der Waals surface area contributed by atoms with Gasteiger partial charge in [-0.2, -0.15) is 0 Å². The lowest BCUT2D eigenvalue weighted by Crippen LogP contribution is -2.46. The normalized spacial score (nSPS) is 23.3. The lowest BCUT2D eigenvalue weighted by atomic mass is 10.1. The van der Waals surface area contributed by atoms with Crippen LogP contribution in [0.2, 0.25) is 0 Å². The van der Waals surface area contributed by atoms with E-state index in [2.05, 4.69) is 16.6 Å². The summed E-state index contributed by atoms with van der Waals surface area (Å²) in [4.78, 5) is 0. The predicted octanol–water partition coefficient (Wildman–Crippen LogP) is 0.234. The van der Waals surface area contributed by atoms with Gasteiger partial charge < -0.3 is 5.32 Å². The minimum atomic E-state index is -3.10. The lowest BCUT2D eigenvalue weighted by molar-refractivity contribution is 0.428. The molecular weight excluding hydrogens is 200 g/mol. The van der Waals surface area contributed by atoms with Crippen LogP contribution in [-0.2, 0) is 10.0 Å². The number of rotatable bonds is 5. The molecule has 1 aliphatic rings. The van der Waals surface area contributed by atoms with Crippen LogP contribution in [0.4, 0.5) is 0 Å². The zero-order chi connectivity index (χ0) is 10.4. The summed E-state index contributed by atoms with van der Waals surface area (Å²) in [5.41, 5.74) is 0. The van der Waals surface area contributed by atoms with E-state index in [1.807, 2.05) is 0 Å². The molecule has 0 unspecified atom stereocenters. The average Bonchev–Trinajstić information content (AvgIpc) is 2.16. The van der Waals surface area contributed by atoms with Gasteiger partial charge in [-0.05, 0) is 25.8 Å². The maximum atomic E-state index is 11.5. The zero-order valence-electron chi connectivity index (χ0n) is 8.33. The molecule has 0 aliphatic carbocycles. The molecule has 1 heterocycles. The summed E-state index contributed by atoms with van der Waals surface area (Å²) in [6, 6.07) is 0.0681. The van der Waals surface area contributed by atoms with E-state index in [-0.39, 0.29) is 11.8 Å². The van der Waals surface area contributed by atoms with Crippen molar-refractivity contribution in [2.75, 3.05) is 18.8 Å². The Balaban J connectivity index is 2.36. The van der Waals surface area contributed by atoms with Crippen LogP contribution in [0.1, 0.15) is 19.3 Å². The van der Waals surface area contributed by atoms with Crippen molar-refractivity contribution in [1.29, 1.82) is 0 Å². The van der Waals surface area contributed by atoms with Gasteiger partial charge in [0.1, 0.15) is 0 Å². The Morgan fingerprint density at radius 2 is 2.36 bits per heavy atom. The van der Waals surface area contributed by atoms with Crippen molar-refractivity contribution in [3.05, 3.63) is 12.7 Å². The molecule has 0 bridgehead atoms. The molecule has 5 heteroatoms. The first-order valence-corrected chi connectivity index (χ1v) is 6.61. The zero-order valence-corrected chi connectivity index (χ0v) is 9.15. The van der Waals surface area contributed by atoms with Gasteiger partial charge >= 0.3 is 0 Å². The van der Waals surface area contributed by atoms with Crippen molar-refractivity contribution in [3.63, 3.8) is 0 Å². The molecule has 0 aromatic heterocycles. The van der Waals surface area contributed by atoms with Crippen molar-refractivity contribution >= 4 is 10.0 Å². The summed E-state index contributed by atoms with van der Waals surface area (Å²) < 4.78 is 25.6. The van der Waals surface area contributed by atoms with Crippen LogP contribution >= 0.6 is 0 Å². The van der Waals surface area contributed by atoms with Crippen molar-refractivity contribution in [2.45, 2.75) is 25.3 Å². The Morgan fingerprint density at radius 1 is 1.57 bits per heavy atom. The second kappa shape index (κ2) is 5.48. The molecule has 82 valence electrons. The Bertz CT molecular complexity index is 269. The standard InChI is InChI=1S/C9H18N2O2S/c1-2-3-7-14(12,13)11-9-5-4-6-10-8-9/h2,9-11H,1,3-8H2/t9-/m0/s1. The van der Waals surface area contributed by atoms with Crippen LogP contribution in [0.15, 0.2) is 12.7 Å². The smallest absolute Gasteiger partial charge is 0.212 e. The SMILES string of the molecule is C=CCCS(=O)(=O)N[C@H]1CCCNC1. The van der Waals surface area contributed by atoms with E-state index in [9.17, 15) is 8.42 Å². The third kappa shape index (κ3) is 4.21. The minimum absolute atomic E-state index is 0.0681. The van der Waals surface area contributed by atoms with Crippen LogP contribution in [0.3, 0.4) is 0 Å². The van der Waals surface area contributed by atoms with E-state index in [4.69, 9.17) is 0 Å². The predicted molar refractivity (Wildman–Crippen MR) is 57.6 cm³/mol. The van der Waals surface area contributed by atoms with E-state index >= 15 is 0 Å². The highest BCUT2D eigenvalue weighted by atomic mass is 32.2. The summed E-state index contributed by atoms with van der Waals surface area (Å²) in [6.07, 6.45) is 4.10. The van der Waals surface area contributed by atoms with Gasteiger partial charge in [-0.15, -0.1) is 6.58 Å². The first-order valence-electron chi connectivity index (χ1n) is 4.95. The molecule has 0 amide bonds. The summed E-state index contributed by atoms with van der Waals surface area (Å²) in [5, 5.41) is 3.17. The van der Waals surface area contributed by atoms with Crippen LogP contribution in [-0.4, -0.2) is 33.3 Å². The third-order valence-corrected chi connectivity index (χ3v) is 3.70. The first-order chi connectivity index (χ1) is 6.64. The van der Waals surface area contributed by atoms with Crippen molar-refractivity contribution in [1.82, 2.24) is 10.0 Å². The van der Waals surface area contributed by atoms with E-state index in [1.165, 1.54) is 0 Å². The summed E-state index contributed by atoms with van der Waals surface area (Å²) >= 11 is 0. The molecule has 14 heavy (non-hydrogen) atoms. The van der Waals surface area contributed by atoms with E-state index in [0.29, 0.717) is 6.42 Å². The fourth-order valence-corrected chi connectivity index (χ4v) is 2.81. The fourth-order valence-electron chi connectivity index (χ4n) is 1.50. The summed E-state index contributed by atoms with van der Waals surface area (Å²) in [7, 11) is -3.10. The van der Waals surface area contributed by atoms with Gasteiger partial charge in [0.25, 0.3) is 0 Å². The second-order valence-electron chi connectivity index (χ2n) is 3.56. The maximum Gasteiger partial charge on any atom is 0.212 e. The largest absolute Gasteiger partial charge is 0.315 e. The highest BCUT2D eigenvalue weighted by molar-refractivity contribution is 7.89. The molecule has 0 radical (unpaired) electrons. The summed E-state index contributed by atoms with van der Waals surface area (Å²) in [5.74, 6) is 0.146. The number of allylic oxidation sites excluding steroid dienone is 1. The molecule has 1 rings (SSSR count). The number of sulfonamides is 1. The number of piperidine rings is 1. The molecule has 0 spiro atoms. The molecule has 1 fully saturated rings. The quantitative estimate of drug-likeness (QED) is 0.650. The Labute approximate surface area is 85.8 Å². The first kappa shape index (κ1) is 11.7. The Hall–Kier alpha value is -0.390. The topological polar surface area (TPSA) is 58.2 Å². The molecule has 0 aromatic carbocycles. The maximum absolute atomic E-state index is 11.5. The molecule has 1 saturated heterocycles. The van der Waals surface area contributed by atoms with Crippen LogP contribution in [0.25, 0.3) is 0 Å². The van der Waals surface area contributed by atoms with E-state index < -0.39 is 10.0 Å². The molecule has 2 N–H and O–H groups in total. The van der Waals surface area contributed by atoms with Gasteiger partial charge in [0.15, 0.2) is 0 Å². The monoisotopic (exact) mass is 218 g/mol. The Kier molecular flexibility index (Phi) is 4.57. The van der Waals surface area contributed by atoms with E-state index in [0.717, 1.165) is 25.9 Å². The molecule has 0 aromatic rings. The fraction of sp³-hybridized carbons (Fsp3) is 0.778. The highest BCUT2D eigenvalue weighted by Crippen LogP contribution is 2.03. The number of hydrogen-bond donors (Lipinski definition) is 2. The molecular formula is C9H18N2O2S. The van der Waals surface area contributed by atoms with Crippen molar-refractivity contribution in [3.8, 4) is 0 Å². The van der Waals surface area contributed by atoms with Gasteiger partial charge in [-0.25, -0.2) is 13.1 Å². The van der Waals surface area contributed by atoms with E-state index in [1.54, 1.807) is 6.08 Å². The number of nitrogens with one attached hydrogen (secondary N) is 2. The molecule has 1 aliphatic heterocycles. The molecule has 1 atom stereocenters. The highest BCUT2D eigenvalue weighted by Gasteiger charge is 2.18. The van der Waals surface area contributed by atoms with Gasteiger partial charge in [0, 0.05) is 12.6 Å². The van der Waals surface area contributed by atoms with Crippen LogP contribution < -0.4 is 10.0 Å². The van der Waals surface area contributed by atoms with Crippen LogP contribution in [0.5, 0.6) is 0 Å². The minimum Gasteiger partial charge on any atom is -0.315 e. The number of hydrogen-bond acceptors (Lipinski definition) is 3. The van der Waals surface area contributed by atoms with Crippen LogP contribution in [0, 0.1) is 0 Å². The van der Waals surface area contributed by atoms with Gasteiger partial charge in [0.05, 0.1) is 5.75 Å². The lowest BCUT2D eigenvalue weighted by Gasteiger charge is -2.23. The summed E-state index contributed by atoms with van der Waals surface area (Å²) in [6.45, 7) is 5.24. The molecule has 0 saturated carbocycles. The van der Waals surface area contributed by atoms with Gasteiger partial charge in [0.2, 0.25) is 10.0 Å². The average molecular weight is 218 g/mol.